The zero-order valence-electron chi connectivity index (χ0n) is 17.7. The fourth-order valence-corrected chi connectivity index (χ4v) is 4.55. The summed E-state index contributed by atoms with van der Waals surface area (Å²) in [4.78, 5) is 26.5. The summed E-state index contributed by atoms with van der Waals surface area (Å²) in [6, 6.07) is 13.9. The van der Waals surface area contributed by atoms with E-state index in [1.54, 1.807) is 37.3 Å². The molecule has 2 aromatic carbocycles. The summed E-state index contributed by atoms with van der Waals surface area (Å²) < 4.78 is 30.2. The normalized spacial score (nSPS) is 15.4. The largest absolute Gasteiger partial charge is 0.465 e. The highest BCUT2D eigenvalue weighted by Gasteiger charge is 2.25. The van der Waals surface area contributed by atoms with E-state index in [4.69, 9.17) is 4.74 Å². The molecule has 0 saturated carbocycles. The standard InChI is InChI=1S/C22H27N3O5S/c1-3-31(28,29)25-12-10-24(11-13-25)16-17-6-4-7-18(14-17)21(26)23-20-9-5-8-19(15-20)22(27)30-2/h4-9,14-15H,3,10-13,16H2,1-2H3,(H,23,26). The SMILES string of the molecule is CCS(=O)(=O)N1CCN(Cc2cccc(C(=O)Nc3cccc(C(=O)OC)c3)c2)CC1. The summed E-state index contributed by atoms with van der Waals surface area (Å²) in [6.07, 6.45) is 0. The van der Waals surface area contributed by atoms with E-state index in [9.17, 15) is 18.0 Å². The summed E-state index contributed by atoms with van der Waals surface area (Å²) >= 11 is 0. The fraction of sp³-hybridized carbons (Fsp3) is 0.364. The summed E-state index contributed by atoms with van der Waals surface area (Å²) in [5.41, 5.74) is 2.35. The highest BCUT2D eigenvalue weighted by Crippen LogP contribution is 2.16. The number of amides is 1. The van der Waals surface area contributed by atoms with Crippen molar-refractivity contribution in [3.05, 3.63) is 65.2 Å². The first-order chi connectivity index (χ1) is 14.8. The smallest absolute Gasteiger partial charge is 0.337 e. The average Bonchev–Trinajstić information content (AvgIpc) is 2.79. The molecule has 0 unspecified atom stereocenters. The Balaban J connectivity index is 1.62. The number of sulfonamides is 1. The topological polar surface area (TPSA) is 96.0 Å². The van der Waals surface area contributed by atoms with E-state index >= 15 is 0 Å². The molecule has 1 saturated heterocycles. The van der Waals surface area contributed by atoms with Gasteiger partial charge in [0, 0.05) is 44.0 Å². The van der Waals surface area contributed by atoms with Crippen LogP contribution in [-0.4, -0.2) is 68.5 Å². The van der Waals surface area contributed by atoms with Gasteiger partial charge in [-0.15, -0.1) is 0 Å². The predicted molar refractivity (Wildman–Crippen MR) is 118 cm³/mol. The molecule has 1 fully saturated rings. The Kier molecular flexibility index (Phi) is 7.42. The lowest BCUT2D eigenvalue weighted by Crippen LogP contribution is -2.48. The lowest BCUT2D eigenvalue weighted by molar-refractivity contribution is 0.0600. The molecule has 3 rings (SSSR count). The number of benzene rings is 2. The molecule has 1 aliphatic rings. The molecular weight excluding hydrogens is 418 g/mol. The summed E-state index contributed by atoms with van der Waals surface area (Å²) in [7, 11) is -1.84. The maximum atomic E-state index is 12.7. The van der Waals surface area contributed by atoms with Crippen LogP contribution in [0.15, 0.2) is 48.5 Å². The van der Waals surface area contributed by atoms with E-state index in [1.807, 2.05) is 18.2 Å². The summed E-state index contributed by atoms with van der Waals surface area (Å²) in [5.74, 6) is -0.625. The van der Waals surface area contributed by atoms with Crippen LogP contribution in [0, 0.1) is 0 Å². The molecule has 8 nitrogen and oxygen atoms in total. The molecular formula is C22H27N3O5S. The van der Waals surface area contributed by atoms with Gasteiger partial charge in [-0.1, -0.05) is 18.2 Å². The highest BCUT2D eigenvalue weighted by molar-refractivity contribution is 7.89. The molecule has 1 heterocycles. The van der Waals surface area contributed by atoms with Gasteiger partial charge in [0.2, 0.25) is 10.0 Å². The molecule has 31 heavy (non-hydrogen) atoms. The molecule has 0 aromatic heterocycles. The summed E-state index contributed by atoms with van der Waals surface area (Å²) in [5, 5.41) is 2.80. The van der Waals surface area contributed by atoms with Crippen LogP contribution in [0.25, 0.3) is 0 Å². The molecule has 0 spiro atoms. The van der Waals surface area contributed by atoms with Gasteiger partial charge in [-0.05, 0) is 42.8 Å². The van der Waals surface area contributed by atoms with Gasteiger partial charge >= 0.3 is 5.97 Å². The molecule has 1 amide bonds. The van der Waals surface area contributed by atoms with Gasteiger partial charge in [-0.2, -0.15) is 4.31 Å². The van der Waals surface area contributed by atoms with E-state index in [0.717, 1.165) is 5.56 Å². The Hall–Kier alpha value is -2.75. The third-order valence-corrected chi connectivity index (χ3v) is 7.11. The van der Waals surface area contributed by atoms with Gasteiger partial charge in [0.15, 0.2) is 0 Å². The number of anilines is 1. The first-order valence-electron chi connectivity index (χ1n) is 10.1. The number of carbonyl (C=O) groups excluding carboxylic acids is 2. The van der Waals surface area contributed by atoms with Gasteiger partial charge in [-0.3, -0.25) is 9.69 Å². The van der Waals surface area contributed by atoms with Gasteiger partial charge in [0.25, 0.3) is 5.91 Å². The second kappa shape index (κ2) is 10.0. The van der Waals surface area contributed by atoms with Crippen molar-refractivity contribution < 1.29 is 22.7 Å². The number of nitrogens with one attached hydrogen (secondary N) is 1. The Bertz CT molecular complexity index is 1050. The van der Waals surface area contributed by atoms with Crippen LogP contribution in [0.5, 0.6) is 0 Å². The fourth-order valence-electron chi connectivity index (χ4n) is 3.46. The highest BCUT2D eigenvalue weighted by atomic mass is 32.2. The van der Waals surface area contributed by atoms with Crippen molar-refractivity contribution in [3.8, 4) is 0 Å². The molecule has 0 aliphatic carbocycles. The van der Waals surface area contributed by atoms with Crippen LogP contribution in [0.3, 0.4) is 0 Å². The first-order valence-corrected chi connectivity index (χ1v) is 11.7. The molecule has 166 valence electrons. The van der Waals surface area contributed by atoms with Crippen molar-refractivity contribution in [1.29, 1.82) is 0 Å². The molecule has 9 heteroatoms. The minimum Gasteiger partial charge on any atom is -0.465 e. The molecule has 2 aromatic rings. The van der Waals surface area contributed by atoms with E-state index in [-0.39, 0.29) is 11.7 Å². The van der Waals surface area contributed by atoms with E-state index in [1.165, 1.54) is 11.4 Å². The Labute approximate surface area is 182 Å². The van der Waals surface area contributed by atoms with Crippen LogP contribution in [0.1, 0.15) is 33.2 Å². The molecule has 1 N–H and O–H groups in total. The quantitative estimate of drug-likeness (QED) is 0.657. The van der Waals surface area contributed by atoms with Crippen molar-refractivity contribution in [2.45, 2.75) is 13.5 Å². The maximum absolute atomic E-state index is 12.7. The Morgan fingerprint density at radius 3 is 2.35 bits per heavy atom. The first kappa shape index (κ1) is 22.9. The lowest BCUT2D eigenvalue weighted by atomic mass is 10.1. The van der Waals surface area contributed by atoms with Crippen molar-refractivity contribution in [1.82, 2.24) is 9.21 Å². The molecule has 0 atom stereocenters. The van der Waals surface area contributed by atoms with Crippen molar-refractivity contribution >= 4 is 27.6 Å². The van der Waals surface area contributed by atoms with Crippen LogP contribution in [-0.2, 0) is 21.3 Å². The number of nitrogens with zero attached hydrogens (tertiary/aromatic N) is 2. The van der Waals surface area contributed by atoms with Gasteiger partial charge < -0.3 is 10.1 Å². The van der Waals surface area contributed by atoms with Crippen LogP contribution < -0.4 is 5.32 Å². The zero-order chi connectivity index (χ0) is 22.4. The minimum atomic E-state index is -3.15. The second-order valence-corrected chi connectivity index (χ2v) is 9.56. The molecule has 0 bridgehead atoms. The van der Waals surface area contributed by atoms with Crippen molar-refractivity contribution in [2.75, 3.05) is 44.4 Å². The molecule has 1 aliphatic heterocycles. The van der Waals surface area contributed by atoms with E-state index < -0.39 is 16.0 Å². The Morgan fingerprint density at radius 1 is 1.00 bits per heavy atom. The maximum Gasteiger partial charge on any atom is 0.337 e. The number of methoxy groups -OCH3 is 1. The number of ether oxygens (including phenoxy) is 1. The Morgan fingerprint density at radius 2 is 1.68 bits per heavy atom. The van der Waals surface area contributed by atoms with Gasteiger partial charge in [0.1, 0.15) is 0 Å². The number of hydrogen-bond donors (Lipinski definition) is 1. The number of rotatable bonds is 7. The van der Waals surface area contributed by atoms with Crippen molar-refractivity contribution in [3.63, 3.8) is 0 Å². The number of piperazine rings is 1. The van der Waals surface area contributed by atoms with E-state index in [2.05, 4.69) is 10.2 Å². The minimum absolute atomic E-state index is 0.118. The lowest BCUT2D eigenvalue weighted by Gasteiger charge is -2.33. The zero-order valence-corrected chi connectivity index (χ0v) is 18.5. The number of esters is 1. The third-order valence-electron chi connectivity index (χ3n) is 5.23. The number of carbonyl (C=O) groups is 2. The van der Waals surface area contributed by atoms with Gasteiger partial charge in [0.05, 0.1) is 18.4 Å². The average molecular weight is 446 g/mol. The summed E-state index contributed by atoms with van der Waals surface area (Å²) in [6.45, 7) is 4.55. The number of hydrogen-bond acceptors (Lipinski definition) is 6. The second-order valence-electron chi connectivity index (χ2n) is 7.30. The van der Waals surface area contributed by atoms with Crippen LogP contribution in [0.2, 0.25) is 0 Å². The van der Waals surface area contributed by atoms with Crippen molar-refractivity contribution in [2.24, 2.45) is 0 Å². The third kappa shape index (κ3) is 5.90. The molecule has 0 radical (unpaired) electrons. The van der Waals surface area contributed by atoms with Crippen LogP contribution in [0.4, 0.5) is 5.69 Å². The predicted octanol–water partition coefficient (Wildman–Crippen LogP) is 2.19. The van der Waals surface area contributed by atoms with Crippen LogP contribution >= 0.6 is 0 Å². The monoisotopic (exact) mass is 445 g/mol. The van der Waals surface area contributed by atoms with E-state index in [0.29, 0.717) is 49.5 Å². The van der Waals surface area contributed by atoms with Gasteiger partial charge in [-0.25, -0.2) is 13.2 Å².